The lowest BCUT2D eigenvalue weighted by Gasteiger charge is -2.16. The minimum Gasteiger partial charge on any atom is -0.476 e. The number of aromatic nitrogens is 1. The molecule has 0 amide bonds. The average molecular weight is 310 g/mol. The molecule has 0 aliphatic heterocycles. The van der Waals surface area contributed by atoms with Crippen molar-refractivity contribution in [3.05, 3.63) is 11.2 Å². The Morgan fingerprint density at radius 2 is 2.21 bits per heavy atom. The standard InChI is InChI=1S/C9H14N2O6S2/c1-11(2-4-17-5-3-12)19(15,16)9-7(8(13)14)10-6-18-9/h6,12H,2-5H2,1H3,(H,13,14). The Hall–Kier alpha value is -1.07. The van der Waals surface area contributed by atoms with E-state index in [0.717, 1.165) is 15.6 Å². The Morgan fingerprint density at radius 1 is 1.53 bits per heavy atom. The van der Waals surface area contributed by atoms with Crippen LogP contribution in [-0.4, -0.2) is 67.3 Å². The first-order chi connectivity index (χ1) is 8.91. The van der Waals surface area contributed by atoms with Crippen LogP contribution in [-0.2, 0) is 14.8 Å². The molecule has 0 aliphatic rings. The fraction of sp³-hybridized carbons (Fsp3) is 0.556. The van der Waals surface area contributed by atoms with Crippen LogP contribution in [0.15, 0.2) is 9.72 Å². The molecule has 8 nitrogen and oxygen atoms in total. The monoisotopic (exact) mass is 310 g/mol. The van der Waals surface area contributed by atoms with E-state index in [9.17, 15) is 13.2 Å². The number of ether oxygens (including phenoxy) is 1. The maximum Gasteiger partial charge on any atom is 0.356 e. The molecule has 1 heterocycles. The Morgan fingerprint density at radius 3 is 2.79 bits per heavy atom. The van der Waals surface area contributed by atoms with E-state index in [2.05, 4.69) is 4.98 Å². The van der Waals surface area contributed by atoms with Crippen LogP contribution in [0.5, 0.6) is 0 Å². The molecule has 2 N–H and O–H groups in total. The van der Waals surface area contributed by atoms with E-state index >= 15 is 0 Å². The number of likely N-dealkylation sites (N-methyl/N-ethyl adjacent to an activating group) is 1. The van der Waals surface area contributed by atoms with Gasteiger partial charge in [-0.2, -0.15) is 4.31 Å². The summed E-state index contributed by atoms with van der Waals surface area (Å²) in [5.74, 6) is -1.38. The maximum absolute atomic E-state index is 12.1. The SMILES string of the molecule is CN(CCOCCO)S(=O)(=O)c1scnc1C(=O)O. The number of nitrogens with zero attached hydrogens (tertiary/aromatic N) is 2. The summed E-state index contributed by atoms with van der Waals surface area (Å²) >= 11 is 0.754. The van der Waals surface area contributed by atoms with Crippen molar-refractivity contribution >= 4 is 27.3 Å². The highest BCUT2D eigenvalue weighted by Gasteiger charge is 2.29. The molecule has 0 atom stereocenters. The molecule has 1 aromatic rings. The number of aliphatic hydroxyl groups excluding tert-OH is 1. The lowest BCUT2D eigenvalue weighted by molar-refractivity contribution is 0.0687. The highest BCUT2D eigenvalue weighted by molar-refractivity contribution is 7.91. The molecule has 10 heteroatoms. The Kier molecular flexibility index (Phi) is 5.82. The second-order valence-corrected chi connectivity index (χ2v) is 6.55. The predicted octanol–water partition coefficient (Wildman–Crippen LogP) is -0.529. The summed E-state index contributed by atoms with van der Waals surface area (Å²) in [6, 6.07) is 0. The molecule has 0 saturated carbocycles. The van der Waals surface area contributed by atoms with Gasteiger partial charge in [-0.15, -0.1) is 11.3 Å². The zero-order valence-electron chi connectivity index (χ0n) is 10.1. The van der Waals surface area contributed by atoms with Crippen LogP contribution in [0.2, 0.25) is 0 Å². The number of hydrogen-bond acceptors (Lipinski definition) is 7. The van der Waals surface area contributed by atoms with Gasteiger partial charge < -0.3 is 14.9 Å². The van der Waals surface area contributed by atoms with Crippen molar-refractivity contribution in [2.45, 2.75) is 4.21 Å². The molecule has 0 saturated heterocycles. The second kappa shape index (κ2) is 6.91. The number of carbonyl (C=O) groups is 1. The predicted molar refractivity (Wildman–Crippen MR) is 66.8 cm³/mol. The molecule has 0 radical (unpaired) electrons. The molecule has 0 unspecified atom stereocenters. The van der Waals surface area contributed by atoms with Gasteiger partial charge >= 0.3 is 5.97 Å². The molecule has 1 aromatic heterocycles. The number of carboxylic acid groups (broad SMARTS) is 1. The number of carboxylic acids is 1. The molecule has 0 aliphatic carbocycles. The summed E-state index contributed by atoms with van der Waals surface area (Å²) in [6.45, 7) is 0.139. The van der Waals surface area contributed by atoms with Gasteiger partial charge in [-0.3, -0.25) is 0 Å². The molecular formula is C9H14N2O6S2. The Balaban J connectivity index is 2.79. The van der Waals surface area contributed by atoms with Gasteiger partial charge in [-0.05, 0) is 0 Å². The molecular weight excluding hydrogens is 296 g/mol. The minimum atomic E-state index is -3.89. The van der Waals surface area contributed by atoms with E-state index in [1.54, 1.807) is 0 Å². The van der Waals surface area contributed by atoms with E-state index in [0.29, 0.717) is 0 Å². The van der Waals surface area contributed by atoms with Crippen molar-refractivity contribution in [3.63, 3.8) is 0 Å². The zero-order chi connectivity index (χ0) is 14.5. The number of rotatable bonds is 8. The number of hydrogen-bond donors (Lipinski definition) is 2. The van der Waals surface area contributed by atoms with Crippen LogP contribution in [0.25, 0.3) is 0 Å². The molecule has 108 valence electrons. The van der Waals surface area contributed by atoms with Crippen LogP contribution >= 0.6 is 11.3 Å². The summed E-state index contributed by atoms with van der Waals surface area (Å²) < 4.78 is 29.9. The number of aliphatic hydroxyl groups is 1. The summed E-state index contributed by atoms with van der Waals surface area (Å²) in [6.07, 6.45) is 0. The topological polar surface area (TPSA) is 117 Å². The normalized spacial score (nSPS) is 11.9. The highest BCUT2D eigenvalue weighted by atomic mass is 32.2. The molecule has 19 heavy (non-hydrogen) atoms. The number of aromatic carboxylic acids is 1. The smallest absolute Gasteiger partial charge is 0.356 e. The van der Waals surface area contributed by atoms with Crippen LogP contribution in [0.1, 0.15) is 10.5 Å². The highest BCUT2D eigenvalue weighted by Crippen LogP contribution is 2.23. The van der Waals surface area contributed by atoms with Crippen LogP contribution < -0.4 is 0 Å². The first kappa shape index (κ1) is 16.0. The molecule has 0 aromatic carbocycles. The average Bonchev–Trinajstić information content (AvgIpc) is 2.84. The van der Waals surface area contributed by atoms with Gasteiger partial charge in [0, 0.05) is 13.6 Å². The quantitative estimate of drug-likeness (QED) is 0.620. The van der Waals surface area contributed by atoms with Crippen molar-refractivity contribution in [1.29, 1.82) is 0 Å². The van der Waals surface area contributed by atoms with Gasteiger partial charge in [-0.1, -0.05) is 0 Å². The first-order valence-corrected chi connectivity index (χ1v) is 7.55. The van der Waals surface area contributed by atoms with Gasteiger partial charge in [0.2, 0.25) is 0 Å². The first-order valence-electron chi connectivity index (χ1n) is 5.23. The zero-order valence-corrected chi connectivity index (χ0v) is 11.8. The van der Waals surface area contributed by atoms with Gasteiger partial charge in [0.1, 0.15) is 0 Å². The fourth-order valence-corrected chi connectivity index (χ4v) is 3.67. The summed E-state index contributed by atoms with van der Waals surface area (Å²) in [5.41, 5.74) is 0.694. The summed E-state index contributed by atoms with van der Waals surface area (Å²) in [4.78, 5) is 14.4. The largest absolute Gasteiger partial charge is 0.476 e. The van der Waals surface area contributed by atoms with E-state index in [4.69, 9.17) is 14.9 Å². The van der Waals surface area contributed by atoms with Crippen molar-refractivity contribution in [2.75, 3.05) is 33.4 Å². The molecule has 0 spiro atoms. The van der Waals surface area contributed by atoms with Crippen molar-refractivity contribution in [1.82, 2.24) is 9.29 Å². The van der Waals surface area contributed by atoms with Gasteiger partial charge in [0.25, 0.3) is 10.0 Å². The molecule has 0 fully saturated rings. The Labute approximate surface area is 114 Å². The second-order valence-electron chi connectivity index (χ2n) is 3.46. The van der Waals surface area contributed by atoms with Crippen LogP contribution in [0.4, 0.5) is 0 Å². The lowest BCUT2D eigenvalue weighted by atomic mass is 10.5. The third-order valence-electron chi connectivity index (χ3n) is 2.17. The molecule has 1 rings (SSSR count). The molecule has 0 bridgehead atoms. The summed E-state index contributed by atoms with van der Waals surface area (Å²) in [5, 5.41) is 17.4. The third kappa shape index (κ3) is 3.94. The van der Waals surface area contributed by atoms with Gasteiger partial charge in [0.15, 0.2) is 9.90 Å². The van der Waals surface area contributed by atoms with Crippen molar-refractivity contribution in [2.24, 2.45) is 0 Å². The number of sulfonamides is 1. The van der Waals surface area contributed by atoms with Gasteiger partial charge in [0.05, 0.1) is 25.3 Å². The Bertz CT molecular complexity index is 527. The third-order valence-corrected chi connectivity index (χ3v) is 5.37. The van der Waals surface area contributed by atoms with E-state index in [-0.39, 0.29) is 30.6 Å². The van der Waals surface area contributed by atoms with E-state index < -0.39 is 21.7 Å². The maximum atomic E-state index is 12.1. The van der Waals surface area contributed by atoms with Crippen molar-refractivity contribution < 1.29 is 28.2 Å². The minimum absolute atomic E-state index is 0.0549. The summed E-state index contributed by atoms with van der Waals surface area (Å²) in [7, 11) is -2.57. The number of thiazole rings is 1. The van der Waals surface area contributed by atoms with Crippen LogP contribution in [0, 0.1) is 0 Å². The van der Waals surface area contributed by atoms with E-state index in [1.807, 2.05) is 0 Å². The van der Waals surface area contributed by atoms with E-state index in [1.165, 1.54) is 12.6 Å². The van der Waals surface area contributed by atoms with Crippen LogP contribution in [0.3, 0.4) is 0 Å². The fourth-order valence-electron chi connectivity index (χ4n) is 1.18. The van der Waals surface area contributed by atoms with Crippen molar-refractivity contribution in [3.8, 4) is 0 Å². The lowest BCUT2D eigenvalue weighted by Crippen LogP contribution is -2.31. The van der Waals surface area contributed by atoms with Gasteiger partial charge in [-0.25, -0.2) is 18.2 Å².